The van der Waals surface area contributed by atoms with Crippen molar-refractivity contribution in [2.45, 2.75) is 90.4 Å². The molecule has 140 valence electrons. The molecule has 3 aliphatic rings. The van der Waals surface area contributed by atoms with Gasteiger partial charge in [0.15, 0.2) is 0 Å². The van der Waals surface area contributed by atoms with Gasteiger partial charge in [0, 0.05) is 0 Å². The van der Waals surface area contributed by atoms with Crippen molar-refractivity contribution in [2.75, 3.05) is 6.61 Å². The van der Waals surface area contributed by atoms with Crippen LogP contribution in [0.2, 0.25) is 0 Å². The van der Waals surface area contributed by atoms with E-state index in [4.69, 9.17) is 0 Å². The van der Waals surface area contributed by atoms with Crippen molar-refractivity contribution >= 4 is 0 Å². The summed E-state index contributed by atoms with van der Waals surface area (Å²) in [7, 11) is 0. The van der Waals surface area contributed by atoms with E-state index >= 15 is 0 Å². The van der Waals surface area contributed by atoms with Gasteiger partial charge in [-0.25, -0.2) is 0 Å². The summed E-state index contributed by atoms with van der Waals surface area (Å²) in [5, 5.41) is 41.7. The zero-order valence-corrected chi connectivity index (χ0v) is 15.8. The smallest absolute Gasteiger partial charge is 0.0825 e. The molecule has 0 radical (unpaired) electrons. The van der Waals surface area contributed by atoms with Crippen LogP contribution in [-0.2, 0) is 0 Å². The SMILES string of the molecule is CC1(C)[C@H](O)CC[C@]2(C)[C@@H]1CC[C@]1(O)C[C@@](C)([C@H](O)CO)CC[C@H]12. The van der Waals surface area contributed by atoms with E-state index in [1.165, 1.54) is 0 Å². The van der Waals surface area contributed by atoms with E-state index in [1.807, 2.05) is 6.92 Å². The van der Waals surface area contributed by atoms with E-state index in [1.54, 1.807) is 0 Å². The molecule has 0 unspecified atom stereocenters. The lowest BCUT2D eigenvalue weighted by atomic mass is 9.41. The Morgan fingerprint density at radius 3 is 2.21 bits per heavy atom. The van der Waals surface area contributed by atoms with E-state index in [0.29, 0.717) is 12.3 Å². The molecule has 0 amide bonds. The van der Waals surface area contributed by atoms with Crippen LogP contribution in [0.25, 0.3) is 0 Å². The molecule has 0 heterocycles. The summed E-state index contributed by atoms with van der Waals surface area (Å²) in [6.07, 6.45) is 4.72. The summed E-state index contributed by atoms with van der Waals surface area (Å²) in [5.41, 5.74) is -1.24. The minimum absolute atomic E-state index is 0.0429. The van der Waals surface area contributed by atoms with E-state index < -0.39 is 17.1 Å². The molecule has 24 heavy (non-hydrogen) atoms. The van der Waals surface area contributed by atoms with Gasteiger partial charge >= 0.3 is 0 Å². The molecule has 0 bridgehead atoms. The quantitative estimate of drug-likeness (QED) is 0.622. The highest BCUT2D eigenvalue weighted by molar-refractivity contribution is 5.13. The maximum Gasteiger partial charge on any atom is 0.0825 e. The molecular formula is C20H36O4. The van der Waals surface area contributed by atoms with Gasteiger partial charge in [-0.15, -0.1) is 0 Å². The summed E-state index contributed by atoms with van der Waals surface area (Å²) in [6.45, 7) is 8.46. The molecule has 0 aromatic heterocycles. The second-order valence-corrected chi connectivity index (χ2v) is 10.2. The average Bonchev–Trinajstić information content (AvgIpc) is 2.49. The average molecular weight is 341 g/mol. The topological polar surface area (TPSA) is 80.9 Å². The number of fused-ring (bicyclic) bond motifs is 3. The molecule has 0 aliphatic heterocycles. The Hall–Kier alpha value is -0.160. The Morgan fingerprint density at radius 1 is 0.958 bits per heavy atom. The number of hydrogen-bond donors (Lipinski definition) is 4. The minimum Gasteiger partial charge on any atom is -0.394 e. The van der Waals surface area contributed by atoms with Crippen molar-refractivity contribution in [2.24, 2.45) is 28.1 Å². The van der Waals surface area contributed by atoms with Crippen molar-refractivity contribution < 1.29 is 20.4 Å². The van der Waals surface area contributed by atoms with Crippen LogP contribution in [0, 0.1) is 28.1 Å². The molecule has 0 spiro atoms. The Bertz CT molecular complexity index is 492. The Balaban J connectivity index is 1.91. The molecule has 4 heteroatoms. The fourth-order valence-electron chi connectivity index (χ4n) is 6.95. The first-order valence-electron chi connectivity index (χ1n) is 9.69. The van der Waals surface area contributed by atoms with Crippen LogP contribution in [0.5, 0.6) is 0 Å². The molecular weight excluding hydrogens is 304 g/mol. The molecule has 4 nitrogen and oxygen atoms in total. The highest BCUT2D eigenvalue weighted by atomic mass is 16.3. The van der Waals surface area contributed by atoms with Crippen LogP contribution < -0.4 is 0 Å². The molecule has 7 atom stereocenters. The van der Waals surface area contributed by atoms with Crippen molar-refractivity contribution in [3.05, 3.63) is 0 Å². The van der Waals surface area contributed by atoms with Gasteiger partial charge < -0.3 is 20.4 Å². The van der Waals surface area contributed by atoms with Gasteiger partial charge in [-0.1, -0.05) is 27.7 Å². The standard InChI is InChI=1S/C20H36O4/c1-17(2)13-6-10-20(24)12-18(3,16(23)11-21)8-5-14(20)19(13,4)9-7-15(17)22/h13-16,21-24H,5-12H2,1-4H3/t13-,14+,15-,16-,18+,19-,20+/m1/s1. The van der Waals surface area contributed by atoms with Gasteiger partial charge in [0.1, 0.15) is 0 Å². The van der Waals surface area contributed by atoms with Gasteiger partial charge in [-0.3, -0.25) is 0 Å². The minimum atomic E-state index is -0.766. The Morgan fingerprint density at radius 2 is 1.58 bits per heavy atom. The summed E-state index contributed by atoms with van der Waals surface area (Å²) < 4.78 is 0. The van der Waals surface area contributed by atoms with Crippen LogP contribution in [0.1, 0.15) is 72.6 Å². The van der Waals surface area contributed by atoms with Crippen LogP contribution in [0.15, 0.2) is 0 Å². The third kappa shape index (κ3) is 2.48. The normalized spacial score (nSPS) is 52.2. The summed E-state index contributed by atoms with van der Waals surface area (Å²) in [5.74, 6) is 0.639. The molecule has 3 saturated carbocycles. The highest BCUT2D eigenvalue weighted by Gasteiger charge is 2.63. The molecule has 0 saturated heterocycles. The van der Waals surface area contributed by atoms with Crippen molar-refractivity contribution in [3.63, 3.8) is 0 Å². The van der Waals surface area contributed by atoms with Gasteiger partial charge in [-0.05, 0) is 73.0 Å². The first kappa shape index (κ1) is 18.6. The van der Waals surface area contributed by atoms with Gasteiger partial charge in [0.25, 0.3) is 0 Å². The number of hydrogen-bond acceptors (Lipinski definition) is 4. The molecule has 0 aromatic carbocycles. The number of aliphatic hydroxyl groups is 4. The predicted molar refractivity (Wildman–Crippen MR) is 93.3 cm³/mol. The lowest BCUT2D eigenvalue weighted by molar-refractivity contribution is -0.233. The molecule has 3 fully saturated rings. The van der Waals surface area contributed by atoms with E-state index in [0.717, 1.165) is 38.5 Å². The second kappa shape index (κ2) is 5.67. The third-order valence-corrected chi connectivity index (χ3v) is 8.51. The van der Waals surface area contributed by atoms with E-state index in [9.17, 15) is 20.4 Å². The Kier molecular flexibility index (Phi) is 4.40. The molecule has 4 N–H and O–H groups in total. The van der Waals surface area contributed by atoms with E-state index in [2.05, 4.69) is 20.8 Å². The van der Waals surface area contributed by atoms with Crippen LogP contribution in [-0.4, -0.2) is 44.8 Å². The highest BCUT2D eigenvalue weighted by Crippen LogP contribution is 2.66. The largest absolute Gasteiger partial charge is 0.394 e. The lowest BCUT2D eigenvalue weighted by Gasteiger charge is -2.65. The molecule has 3 aliphatic carbocycles. The van der Waals surface area contributed by atoms with Crippen LogP contribution in [0.3, 0.4) is 0 Å². The molecule has 0 aromatic rings. The van der Waals surface area contributed by atoms with E-state index in [-0.39, 0.29) is 29.5 Å². The maximum absolute atomic E-state index is 11.6. The van der Waals surface area contributed by atoms with Crippen molar-refractivity contribution in [1.29, 1.82) is 0 Å². The fraction of sp³-hybridized carbons (Fsp3) is 1.00. The van der Waals surface area contributed by atoms with Crippen LogP contribution in [0.4, 0.5) is 0 Å². The Labute approximate surface area is 146 Å². The first-order valence-corrected chi connectivity index (χ1v) is 9.69. The number of aliphatic hydroxyl groups excluding tert-OH is 3. The predicted octanol–water partition coefficient (Wildman–Crippen LogP) is 2.47. The van der Waals surface area contributed by atoms with Crippen molar-refractivity contribution in [1.82, 2.24) is 0 Å². The fourth-order valence-corrected chi connectivity index (χ4v) is 6.95. The summed E-state index contributed by atoms with van der Waals surface area (Å²) >= 11 is 0. The third-order valence-electron chi connectivity index (χ3n) is 8.51. The first-order chi connectivity index (χ1) is 11.0. The van der Waals surface area contributed by atoms with Crippen LogP contribution >= 0.6 is 0 Å². The summed E-state index contributed by atoms with van der Waals surface area (Å²) in [4.78, 5) is 0. The summed E-state index contributed by atoms with van der Waals surface area (Å²) in [6, 6.07) is 0. The van der Waals surface area contributed by atoms with Gasteiger partial charge in [0.2, 0.25) is 0 Å². The second-order valence-electron chi connectivity index (χ2n) is 10.2. The zero-order valence-electron chi connectivity index (χ0n) is 15.8. The maximum atomic E-state index is 11.6. The van der Waals surface area contributed by atoms with Gasteiger partial charge in [0.05, 0.1) is 24.4 Å². The van der Waals surface area contributed by atoms with Crippen molar-refractivity contribution in [3.8, 4) is 0 Å². The van der Waals surface area contributed by atoms with Gasteiger partial charge in [-0.2, -0.15) is 0 Å². The monoisotopic (exact) mass is 340 g/mol. The molecule has 3 rings (SSSR count). The lowest BCUT2D eigenvalue weighted by Crippen LogP contribution is -2.64. The zero-order chi connectivity index (χ0) is 18.0. The number of rotatable bonds is 2.